The second-order valence-corrected chi connectivity index (χ2v) is 22.4. The maximum atomic E-state index is 14.8. The molecule has 3 aromatic carbocycles. The Balaban J connectivity index is 0.00000363. The van der Waals surface area contributed by atoms with Crippen LogP contribution in [-0.2, 0) is 19.1 Å². The van der Waals surface area contributed by atoms with E-state index in [-0.39, 0.29) is 54.4 Å². The third-order valence-corrected chi connectivity index (χ3v) is 14.3. The van der Waals surface area contributed by atoms with E-state index in [9.17, 15) is 28.0 Å². The number of ether oxygens (including phenoxy) is 2. The molecule has 2 aliphatic rings. The number of aromatic amines is 2. The molecule has 2 aromatic heterocycles. The van der Waals surface area contributed by atoms with Gasteiger partial charge in [0.2, 0.25) is 11.8 Å². The number of halogens is 4. The number of nitrogens with one attached hydrogen (secondary N) is 4. The molecule has 2 saturated heterocycles. The minimum Gasteiger partial charge on any atom is -0.453 e. The van der Waals surface area contributed by atoms with Gasteiger partial charge in [-0.3, -0.25) is 9.59 Å². The summed E-state index contributed by atoms with van der Waals surface area (Å²) in [5.74, 6) is -3.46. The average Bonchev–Trinajstić information content (AvgIpc) is 4.01. The lowest BCUT2D eigenvalue weighted by Crippen LogP contribution is -2.52. The lowest BCUT2D eigenvalue weighted by molar-refractivity contribution is -0.137. The monoisotopic (exact) mass is 914 g/mol. The van der Waals surface area contributed by atoms with Crippen LogP contribution in [0.1, 0.15) is 57.8 Å². The van der Waals surface area contributed by atoms with Crippen molar-refractivity contribution in [1.29, 1.82) is 0 Å². The number of hydrogen-bond donors (Lipinski definition) is 4. The third kappa shape index (κ3) is 9.69. The number of alkyl carbamates (subject to hydrolysis) is 2. The van der Waals surface area contributed by atoms with E-state index in [1.165, 1.54) is 14.2 Å². The van der Waals surface area contributed by atoms with Crippen LogP contribution in [0.25, 0.3) is 44.2 Å². The highest BCUT2D eigenvalue weighted by Crippen LogP contribution is 2.42. The van der Waals surface area contributed by atoms with E-state index in [1.54, 1.807) is 20.0 Å². The van der Waals surface area contributed by atoms with Gasteiger partial charge in [-0.1, -0.05) is 83.3 Å². The van der Waals surface area contributed by atoms with Crippen molar-refractivity contribution in [2.75, 3.05) is 26.9 Å². The number of aromatic nitrogens is 4. The van der Waals surface area contributed by atoms with Crippen LogP contribution in [0.3, 0.4) is 0 Å². The molecule has 14 nitrogen and oxygen atoms in total. The summed E-state index contributed by atoms with van der Waals surface area (Å²) in [5, 5.41) is 7.17. The summed E-state index contributed by atoms with van der Waals surface area (Å²) in [6.07, 6.45) is 0.163. The molecule has 0 bridgehead atoms. The van der Waals surface area contributed by atoms with Crippen LogP contribution in [-0.4, -0.2) is 107 Å². The Morgan fingerprint density at radius 1 is 0.790 bits per heavy atom. The normalized spacial score (nSPS) is 18.9. The molecular formula is C43H54Cl2F2N8O6Si. The van der Waals surface area contributed by atoms with Gasteiger partial charge in [-0.15, -0.1) is 24.8 Å². The molecule has 4 heterocycles. The number of rotatable bonds is 10. The number of fused-ring (bicyclic) bond motifs is 3. The van der Waals surface area contributed by atoms with Gasteiger partial charge in [-0.2, -0.15) is 0 Å². The van der Waals surface area contributed by atoms with Gasteiger partial charge in [-0.05, 0) is 52.1 Å². The van der Waals surface area contributed by atoms with E-state index in [2.05, 4.69) is 49.5 Å². The number of benzene rings is 3. The number of imidazole rings is 2. The number of alkyl halides is 2. The van der Waals surface area contributed by atoms with E-state index in [4.69, 9.17) is 9.72 Å². The molecule has 4 N–H and O–H groups in total. The maximum absolute atomic E-state index is 14.8. The Labute approximate surface area is 372 Å². The van der Waals surface area contributed by atoms with Gasteiger partial charge >= 0.3 is 12.2 Å². The fourth-order valence-corrected chi connectivity index (χ4v) is 11.3. The average molecular weight is 916 g/mol. The number of carbonyl (C=O) groups excluding carboxylic acids is 4. The van der Waals surface area contributed by atoms with Crippen molar-refractivity contribution in [2.45, 2.75) is 83.3 Å². The molecular weight excluding hydrogens is 862 g/mol. The van der Waals surface area contributed by atoms with Gasteiger partial charge in [0.15, 0.2) is 0 Å². The quantitative estimate of drug-likeness (QED) is 0.101. The first-order chi connectivity index (χ1) is 28.4. The largest absolute Gasteiger partial charge is 0.453 e. The van der Waals surface area contributed by atoms with Crippen LogP contribution in [0.2, 0.25) is 19.1 Å². The van der Waals surface area contributed by atoms with Gasteiger partial charge in [0.25, 0.3) is 5.92 Å². The van der Waals surface area contributed by atoms with E-state index < -0.39 is 63.2 Å². The first kappa shape index (κ1) is 47.8. The Morgan fingerprint density at radius 3 is 1.97 bits per heavy atom. The van der Waals surface area contributed by atoms with Crippen LogP contribution in [0, 0.1) is 11.8 Å². The topological polar surface area (TPSA) is 175 Å². The van der Waals surface area contributed by atoms with E-state index in [0.717, 1.165) is 55.3 Å². The lowest BCUT2D eigenvalue weighted by Gasteiger charge is -2.30. The second kappa shape index (κ2) is 18.6. The molecule has 19 heteroatoms. The Morgan fingerprint density at radius 2 is 1.37 bits per heavy atom. The number of carbonyl (C=O) groups is 4. The van der Waals surface area contributed by atoms with Crippen molar-refractivity contribution in [2.24, 2.45) is 11.8 Å². The van der Waals surface area contributed by atoms with Crippen molar-refractivity contribution in [3.63, 3.8) is 0 Å². The molecule has 2 fully saturated rings. The molecule has 0 spiro atoms. The van der Waals surface area contributed by atoms with Gasteiger partial charge in [0.1, 0.15) is 23.7 Å². The zero-order valence-corrected chi connectivity index (χ0v) is 38.5. The number of nitrogens with zero attached hydrogens (tertiary/aromatic N) is 4. The Kier molecular flexibility index (Phi) is 14.3. The van der Waals surface area contributed by atoms with Gasteiger partial charge in [-0.25, -0.2) is 28.3 Å². The Hall–Kier alpha value is -5.26. The third-order valence-electron chi connectivity index (χ3n) is 11.6. The summed E-state index contributed by atoms with van der Waals surface area (Å²) in [6.45, 7) is 11.0. The van der Waals surface area contributed by atoms with Crippen LogP contribution in [0.5, 0.6) is 0 Å². The zero-order valence-electron chi connectivity index (χ0n) is 35.9. The van der Waals surface area contributed by atoms with Gasteiger partial charge in [0.05, 0.1) is 63.8 Å². The van der Waals surface area contributed by atoms with E-state index in [1.807, 2.05) is 67.3 Å². The highest BCUT2D eigenvalue weighted by atomic mass is 35.5. The summed E-state index contributed by atoms with van der Waals surface area (Å²) in [4.78, 5) is 70.8. The summed E-state index contributed by atoms with van der Waals surface area (Å²) in [7, 11) is 0.654. The van der Waals surface area contributed by atoms with Crippen LogP contribution < -0.4 is 10.6 Å². The summed E-state index contributed by atoms with van der Waals surface area (Å²) < 4.78 is 39.1. The molecule has 7 rings (SSSR count). The molecule has 5 aromatic rings. The molecule has 4 atom stereocenters. The molecule has 4 amide bonds. The van der Waals surface area contributed by atoms with Crippen LogP contribution >= 0.6 is 24.8 Å². The molecule has 334 valence electrons. The van der Waals surface area contributed by atoms with Crippen molar-refractivity contribution in [1.82, 2.24) is 40.4 Å². The predicted molar refractivity (Wildman–Crippen MR) is 240 cm³/mol. The summed E-state index contributed by atoms with van der Waals surface area (Å²) in [5.41, 5.74) is 5.01. The van der Waals surface area contributed by atoms with Crippen molar-refractivity contribution in [3.8, 4) is 22.4 Å². The molecule has 0 aliphatic carbocycles. The fourth-order valence-electron chi connectivity index (χ4n) is 8.45. The lowest BCUT2D eigenvalue weighted by atomic mass is 9.99. The molecule has 62 heavy (non-hydrogen) atoms. The number of hydrogen-bond acceptors (Lipinski definition) is 8. The van der Waals surface area contributed by atoms with Crippen molar-refractivity contribution in [3.05, 3.63) is 72.4 Å². The SMILES string of the molecule is COC(=O)N[C@H](C(=O)N1CC(F)(F)C[C@H]1c1ncc(-c2ccc(-c3ccc4c(ccc5[nH]c([C@@H]6C[Si](C)(C)CN6C(=O)[C@@H](NC(=O)OC)C(C)C)nc54)c3)cc2)[nH]1)C(C)C.Cl.Cl. The number of H-pyrrole nitrogens is 2. The summed E-state index contributed by atoms with van der Waals surface area (Å²) >= 11 is 0. The standard InChI is InChI=1S/C43H52F2N8O6Si.2ClH/c1-23(2)34(50-41(56)58-5)39(54)52-21-43(44,45)18-32(52)37-46-19-31(48-37)26-11-9-25(10-12-26)27-13-15-29-28(17-27)14-16-30-36(29)49-38(47-30)33-20-60(7,8)22-53(33)40(55)35(24(3)4)51-42(57)59-6;;/h9-17,19,23-24,32-35H,18,20-22H2,1-8H3,(H,46,48)(H,47,49)(H,50,56)(H,51,57);2*1H/t32-,33-,34-,35-;;/m0../s1. The van der Waals surface area contributed by atoms with E-state index in [0.29, 0.717) is 11.9 Å². The Bertz CT molecular complexity index is 2450. The van der Waals surface area contributed by atoms with Gasteiger partial charge in [0, 0.05) is 18.0 Å². The molecule has 0 radical (unpaired) electrons. The van der Waals surface area contributed by atoms with E-state index >= 15 is 0 Å². The molecule has 0 saturated carbocycles. The zero-order chi connectivity index (χ0) is 43.3. The second-order valence-electron chi connectivity index (χ2n) is 17.4. The number of methoxy groups -OCH3 is 2. The highest BCUT2D eigenvalue weighted by Gasteiger charge is 2.50. The van der Waals surface area contributed by atoms with Crippen molar-refractivity contribution < 1.29 is 37.4 Å². The fraction of sp³-hybridized carbons (Fsp3) is 0.442. The maximum Gasteiger partial charge on any atom is 0.407 e. The van der Waals surface area contributed by atoms with Crippen LogP contribution in [0.4, 0.5) is 18.4 Å². The highest BCUT2D eigenvalue weighted by molar-refractivity contribution is 6.78. The molecule has 2 aliphatic heterocycles. The van der Waals surface area contributed by atoms with Crippen LogP contribution in [0.15, 0.2) is 60.8 Å². The van der Waals surface area contributed by atoms with Crippen molar-refractivity contribution >= 4 is 78.7 Å². The smallest absolute Gasteiger partial charge is 0.407 e. The first-order valence-corrected chi connectivity index (χ1v) is 23.6. The molecule has 0 unspecified atom stereocenters. The summed E-state index contributed by atoms with van der Waals surface area (Å²) in [6, 6.07) is 15.8. The van der Waals surface area contributed by atoms with Gasteiger partial charge < -0.3 is 39.9 Å². The first-order valence-electron chi connectivity index (χ1n) is 20.1. The number of amides is 4. The number of likely N-dealkylation sites (tertiary alicyclic amines) is 1. The predicted octanol–water partition coefficient (Wildman–Crippen LogP) is 8.42. The minimum absolute atomic E-state index is 0. The minimum atomic E-state index is -3.13.